The van der Waals surface area contributed by atoms with Gasteiger partial charge in [-0.2, -0.15) is 0 Å². The number of hydrogen-bond acceptors (Lipinski definition) is 4. The molecule has 5 heteroatoms. The largest absolute Gasteiger partial charge is 0.360 e. The van der Waals surface area contributed by atoms with Gasteiger partial charge in [-0.15, -0.1) is 0 Å². The van der Waals surface area contributed by atoms with Crippen molar-refractivity contribution in [2.75, 3.05) is 20.1 Å². The number of piperidine rings is 1. The Morgan fingerprint density at radius 2 is 2.29 bits per heavy atom. The van der Waals surface area contributed by atoms with Crippen molar-refractivity contribution >= 4 is 5.91 Å². The van der Waals surface area contributed by atoms with E-state index in [1.165, 1.54) is 0 Å². The Labute approximate surface area is 101 Å². The number of nitrogens with zero attached hydrogens (tertiary/aromatic N) is 2. The highest BCUT2D eigenvalue weighted by atomic mass is 16.5. The van der Waals surface area contributed by atoms with Crippen LogP contribution in [0.4, 0.5) is 0 Å². The van der Waals surface area contributed by atoms with Crippen molar-refractivity contribution in [3.63, 3.8) is 0 Å². The summed E-state index contributed by atoms with van der Waals surface area (Å²) < 4.78 is 5.19. The van der Waals surface area contributed by atoms with Crippen molar-refractivity contribution in [1.29, 1.82) is 0 Å². The first-order chi connectivity index (χ1) is 8.19. The van der Waals surface area contributed by atoms with Crippen LogP contribution in [0.25, 0.3) is 0 Å². The van der Waals surface area contributed by atoms with E-state index in [4.69, 9.17) is 4.52 Å². The molecule has 0 aliphatic carbocycles. The predicted octanol–water partition coefficient (Wildman–Crippen LogP) is 0.941. The molecule has 0 radical (unpaired) electrons. The minimum atomic E-state index is 0.167. The van der Waals surface area contributed by atoms with Crippen molar-refractivity contribution in [1.82, 2.24) is 15.4 Å². The fraction of sp³-hybridized carbons (Fsp3) is 0.667. The van der Waals surface area contributed by atoms with Crippen LogP contribution in [0, 0.1) is 12.8 Å². The summed E-state index contributed by atoms with van der Waals surface area (Å²) in [6.45, 7) is 4.60. The normalized spacial score (nSPS) is 18.2. The first-order valence-electron chi connectivity index (χ1n) is 6.05. The van der Waals surface area contributed by atoms with Gasteiger partial charge in [0.05, 0.1) is 12.2 Å². The molecule has 5 nitrogen and oxygen atoms in total. The van der Waals surface area contributed by atoms with Gasteiger partial charge in [0.1, 0.15) is 0 Å². The van der Waals surface area contributed by atoms with Crippen LogP contribution in [-0.4, -0.2) is 36.1 Å². The third-order valence-electron chi connectivity index (χ3n) is 3.26. The molecule has 94 valence electrons. The van der Waals surface area contributed by atoms with E-state index in [9.17, 15) is 4.79 Å². The lowest BCUT2D eigenvalue weighted by atomic mass is 9.96. The SMILES string of the molecule is CNC(=O)C1CCN(Cc2cc(C)no2)CC1. The van der Waals surface area contributed by atoms with E-state index in [2.05, 4.69) is 15.4 Å². The van der Waals surface area contributed by atoms with Crippen molar-refractivity contribution < 1.29 is 9.32 Å². The minimum Gasteiger partial charge on any atom is -0.360 e. The van der Waals surface area contributed by atoms with Gasteiger partial charge in [-0.1, -0.05) is 5.16 Å². The molecule has 0 bridgehead atoms. The molecule has 0 spiro atoms. The fourth-order valence-electron chi connectivity index (χ4n) is 2.27. The summed E-state index contributed by atoms with van der Waals surface area (Å²) in [4.78, 5) is 13.8. The number of aryl methyl sites for hydroxylation is 1. The van der Waals surface area contributed by atoms with Gasteiger partial charge in [0.2, 0.25) is 5.91 Å². The van der Waals surface area contributed by atoms with Gasteiger partial charge in [0, 0.05) is 19.0 Å². The van der Waals surface area contributed by atoms with Gasteiger partial charge < -0.3 is 9.84 Å². The summed E-state index contributed by atoms with van der Waals surface area (Å²) in [5, 5.41) is 6.59. The maximum absolute atomic E-state index is 11.5. The third-order valence-corrected chi connectivity index (χ3v) is 3.26. The van der Waals surface area contributed by atoms with Crippen molar-refractivity contribution in [3.05, 3.63) is 17.5 Å². The molecule has 1 fully saturated rings. The van der Waals surface area contributed by atoms with E-state index in [1.807, 2.05) is 13.0 Å². The van der Waals surface area contributed by atoms with Crippen LogP contribution in [0.2, 0.25) is 0 Å². The van der Waals surface area contributed by atoms with Gasteiger partial charge in [0.25, 0.3) is 0 Å². The zero-order chi connectivity index (χ0) is 12.3. The molecule has 1 aliphatic rings. The molecule has 1 amide bonds. The second-order valence-corrected chi connectivity index (χ2v) is 4.60. The molecular weight excluding hydrogens is 218 g/mol. The quantitative estimate of drug-likeness (QED) is 0.850. The molecule has 17 heavy (non-hydrogen) atoms. The topological polar surface area (TPSA) is 58.4 Å². The highest BCUT2D eigenvalue weighted by molar-refractivity contribution is 5.78. The summed E-state index contributed by atoms with van der Waals surface area (Å²) in [6, 6.07) is 1.96. The van der Waals surface area contributed by atoms with Crippen molar-refractivity contribution in [2.45, 2.75) is 26.3 Å². The summed E-state index contributed by atoms with van der Waals surface area (Å²) in [5.74, 6) is 1.24. The van der Waals surface area contributed by atoms with Crippen LogP contribution in [0.3, 0.4) is 0 Å². The Bertz CT molecular complexity index is 381. The number of rotatable bonds is 3. The number of likely N-dealkylation sites (tertiary alicyclic amines) is 1. The number of carbonyl (C=O) groups is 1. The molecule has 1 aliphatic heterocycles. The monoisotopic (exact) mass is 237 g/mol. The van der Waals surface area contributed by atoms with Gasteiger partial charge in [-0.05, 0) is 32.9 Å². The average Bonchev–Trinajstić information content (AvgIpc) is 2.75. The van der Waals surface area contributed by atoms with Crippen LogP contribution >= 0.6 is 0 Å². The predicted molar refractivity (Wildman–Crippen MR) is 63.3 cm³/mol. The third kappa shape index (κ3) is 3.06. The Kier molecular flexibility index (Phi) is 3.78. The minimum absolute atomic E-state index is 0.167. The first-order valence-corrected chi connectivity index (χ1v) is 6.05. The van der Waals surface area contributed by atoms with E-state index in [1.54, 1.807) is 7.05 Å². The van der Waals surface area contributed by atoms with Gasteiger partial charge in [-0.3, -0.25) is 9.69 Å². The van der Waals surface area contributed by atoms with Crippen LogP contribution in [-0.2, 0) is 11.3 Å². The number of amides is 1. The molecule has 0 saturated carbocycles. The zero-order valence-electron chi connectivity index (χ0n) is 10.4. The lowest BCUT2D eigenvalue weighted by Gasteiger charge is -2.30. The number of aromatic nitrogens is 1. The summed E-state index contributed by atoms with van der Waals surface area (Å²) in [5.41, 5.74) is 0.917. The summed E-state index contributed by atoms with van der Waals surface area (Å²) in [6.07, 6.45) is 1.85. The van der Waals surface area contributed by atoms with E-state index in [0.29, 0.717) is 0 Å². The second kappa shape index (κ2) is 5.31. The van der Waals surface area contributed by atoms with Gasteiger partial charge in [0.15, 0.2) is 5.76 Å². The molecule has 1 aromatic heterocycles. The molecule has 0 unspecified atom stereocenters. The highest BCUT2D eigenvalue weighted by Crippen LogP contribution is 2.19. The Morgan fingerprint density at radius 3 is 2.82 bits per heavy atom. The fourth-order valence-corrected chi connectivity index (χ4v) is 2.27. The van der Waals surface area contributed by atoms with E-state index < -0.39 is 0 Å². The molecule has 2 heterocycles. The molecule has 0 atom stereocenters. The van der Waals surface area contributed by atoms with Crippen molar-refractivity contribution in [2.24, 2.45) is 5.92 Å². The van der Waals surface area contributed by atoms with E-state index in [0.717, 1.165) is 43.9 Å². The number of hydrogen-bond donors (Lipinski definition) is 1. The average molecular weight is 237 g/mol. The van der Waals surface area contributed by atoms with E-state index >= 15 is 0 Å². The highest BCUT2D eigenvalue weighted by Gasteiger charge is 2.24. The Hall–Kier alpha value is -1.36. The summed E-state index contributed by atoms with van der Waals surface area (Å²) >= 11 is 0. The van der Waals surface area contributed by atoms with Gasteiger partial charge in [-0.25, -0.2) is 0 Å². The van der Waals surface area contributed by atoms with Crippen LogP contribution in [0.15, 0.2) is 10.6 Å². The lowest BCUT2D eigenvalue weighted by molar-refractivity contribution is -0.125. The van der Waals surface area contributed by atoms with Gasteiger partial charge >= 0.3 is 0 Å². The molecule has 1 aromatic rings. The molecule has 1 N–H and O–H groups in total. The first kappa shape index (κ1) is 12.1. The summed E-state index contributed by atoms with van der Waals surface area (Å²) in [7, 11) is 1.70. The Balaban J connectivity index is 1.81. The molecule has 2 rings (SSSR count). The molecule has 1 saturated heterocycles. The molecule has 0 aromatic carbocycles. The van der Waals surface area contributed by atoms with Crippen LogP contribution in [0.5, 0.6) is 0 Å². The zero-order valence-corrected chi connectivity index (χ0v) is 10.4. The maximum atomic E-state index is 11.5. The standard InChI is InChI=1S/C12H19N3O2/c1-9-7-11(17-14-9)8-15-5-3-10(4-6-15)12(16)13-2/h7,10H,3-6,8H2,1-2H3,(H,13,16). The van der Waals surface area contributed by atoms with Crippen molar-refractivity contribution in [3.8, 4) is 0 Å². The smallest absolute Gasteiger partial charge is 0.222 e. The second-order valence-electron chi connectivity index (χ2n) is 4.60. The van der Waals surface area contributed by atoms with Crippen LogP contribution < -0.4 is 5.32 Å². The maximum Gasteiger partial charge on any atom is 0.222 e. The Morgan fingerprint density at radius 1 is 1.59 bits per heavy atom. The lowest BCUT2D eigenvalue weighted by Crippen LogP contribution is -2.39. The number of carbonyl (C=O) groups excluding carboxylic acids is 1. The molecular formula is C12H19N3O2. The van der Waals surface area contributed by atoms with Crippen LogP contribution in [0.1, 0.15) is 24.3 Å². The number of nitrogens with one attached hydrogen (secondary N) is 1. The van der Waals surface area contributed by atoms with E-state index in [-0.39, 0.29) is 11.8 Å².